The van der Waals surface area contributed by atoms with Gasteiger partial charge in [0.2, 0.25) is 0 Å². The molecule has 1 rings (SSSR count). The molecule has 1 saturated carbocycles. The van der Waals surface area contributed by atoms with Gasteiger partial charge in [0.05, 0.1) is 13.0 Å². The number of carbonyl (C=O) groups is 1. The molecule has 1 aliphatic rings. The van der Waals surface area contributed by atoms with Crippen molar-refractivity contribution in [2.75, 3.05) is 26.8 Å². The highest BCUT2D eigenvalue weighted by Gasteiger charge is 2.37. The Balaban J connectivity index is 2.57. The van der Waals surface area contributed by atoms with Gasteiger partial charge in [-0.1, -0.05) is 19.3 Å². The minimum Gasteiger partial charge on any atom is -0.481 e. The Hall–Kier alpha value is -0.610. The number of carboxylic acid groups (broad SMARTS) is 1. The number of ether oxygens (including phenoxy) is 1. The topological polar surface area (TPSA) is 49.8 Å². The summed E-state index contributed by atoms with van der Waals surface area (Å²) in [6.07, 6.45) is 5.79. The Bertz CT molecular complexity index is 237. The molecular formula is C13H25NO3. The van der Waals surface area contributed by atoms with Crippen LogP contribution in [0, 0.1) is 0 Å². The van der Waals surface area contributed by atoms with Gasteiger partial charge in [-0.15, -0.1) is 0 Å². The van der Waals surface area contributed by atoms with Gasteiger partial charge in [-0.05, 0) is 26.8 Å². The van der Waals surface area contributed by atoms with Crippen LogP contribution in [-0.4, -0.2) is 48.3 Å². The van der Waals surface area contributed by atoms with Crippen LogP contribution in [0.2, 0.25) is 0 Å². The standard InChI is InChI=1S/C13H25NO3/c1-3-17-10-9-14(2)13(11-12(15)16)7-5-4-6-8-13/h3-11H2,1-2H3,(H,15,16). The van der Waals surface area contributed by atoms with Crippen molar-refractivity contribution in [3.05, 3.63) is 0 Å². The molecule has 4 nitrogen and oxygen atoms in total. The summed E-state index contributed by atoms with van der Waals surface area (Å²) >= 11 is 0. The molecule has 0 bridgehead atoms. The highest BCUT2D eigenvalue weighted by atomic mass is 16.5. The molecule has 0 unspecified atom stereocenters. The predicted molar refractivity (Wildman–Crippen MR) is 67.2 cm³/mol. The highest BCUT2D eigenvalue weighted by Crippen LogP contribution is 2.35. The van der Waals surface area contributed by atoms with Crippen LogP contribution < -0.4 is 0 Å². The first-order chi connectivity index (χ1) is 8.10. The maximum Gasteiger partial charge on any atom is 0.305 e. The summed E-state index contributed by atoms with van der Waals surface area (Å²) < 4.78 is 5.36. The van der Waals surface area contributed by atoms with Crippen molar-refractivity contribution in [1.29, 1.82) is 0 Å². The van der Waals surface area contributed by atoms with Crippen LogP contribution in [0.5, 0.6) is 0 Å². The molecule has 0 aromatic rings. The monoisotopic (exact) mass is 243 g/mol. The summed E-state index contributed by atoms with van der Waals surface area (Å²) in [4.78, 5) is 13.3. The zero-order chi connectivity index (χ0) is 12.7. The fraction of sp³-hybridized carbons (Fsp3) is 0.923. The van der Waals surface area contributed by atoms with Crippen molar-refractivity contribution in [1.82, 2.24) is 4.90 Å². The van der Waals surface area contributed by atoms with Gasteiger partial charge >= 0.3 is 5.97 Å². The molecule has 1 aliphatic carbocycles. The van der Waals surface area contributed by atoms with Gasteiger partial charge in [-0.25, -0.2) is 0 Å². The first-order valence-electron chi connectivity index (χ1n) is 6.61. The fourth-order valence-electron chi connectivity index (χ4n) is 2.77. The second kappa shape index (κ2) is 6.97. The average Bonchev–Trinajstić information content (AvgIpc) is 2.29. The Kier molecular flexibility index (Phi) is 5.92. The second-order valence-corrected chi connectivity index (χ2v) is 4.97. The maximum atomic E-state index is 11.0. The number of nitrogens with zero attached hydrogens (tertiary/aromatic N) is 1. The number of hydrogen-bond donors (Lipinski definition) is 1. The van der Waals surface area contributed by atoms with Crippen molar-refractivity contribution in [3.8, 4) is 0 Å². The van der Waals surface area contributed by atoms with Crippen LogP contribution >= 0.6 is 0 Å². The molecule has 0 heterocycles. The van der Waals surface area contributed by atoms with Gasteiger partial charge < -0.3 is 9.84 Å². The van der Waals surface area contributed by atoms with E-state index in [9.17, 15) is 4.79 Å². The molecular weight excluding hydrogens is 218 g/mol. The highest BCUT2D eigenvalue weighted by molar-refractivity contribution is 5.68. The summed E-state index contributed by atoms with van der Waals surface area (Å²) in [5.41, 5.74) is -0.138. The molecule has 0 spiro atoms. The van der Waals surface area contributed by atoms with Crippen LogP contribution in [-0.2, 0) is 9.53 Å². The van der Waals surface area contributed by atoms with E-state index in [4.69, 9.17) is 9.84 Å². The Morgan fingerprint density at radius 1 is 1.35 bits per heavy atom. The molecule has 0 aromatic heterocycles. The van der Waals surface area contributed by atoms with Gasteiger partial charge in [0.1, 0.15) is 0 Å². The van der Waals surface area contributed by atoms with Crippen LogP contribution in [0.4, 0.5) is 0 Å². The van der Waals surface area contributed by atoms with E-state index in [0.29, 0.717) is 6.61 Å². The summed E-state index contributed by atoms with van der Waals surface area (Å²) in [6.45, 7) is 4.21. The third-order valence-electron chi connectivity index (χ3n) is 3.85. The maximum absolute atomic E-state index is 11.0. The SMILES string of the molecule is CCOCCN(C)C1(CC(=O)O)CCCCC1. The number of rotatable bonds is 7. The zero-order valence-corrected chi connectivity index (χ0v) is 11.1. The van der Waals surface area contributed by atoms with Gasteiger partial charge in [0.25, 0.3) is 0 Å². The Morgan fingerprint density at radius 3 is 2.53 bits per heavy atom. The number of hydrogen-bond acceptors (Lipinski definition) is 3. The number of likely N-dealkylation sites (N-methyl/N-ethyl adjacent to an activating group) is 1. The molecule has 0 atom stereocenters. The minimum absolute atomic E-state index is 0.138. The van der Waals surface area contributed by atoms with Gasteiger partial charge in [-0.3, -0.25) is 9.69 Å². The first-order valence-corrected chi connectivity index (χ1v) is 6.61. The Labute approximate surface area is 104 Å². The van der Waals surface area contributed by atoms with E-state index >= 15 is 0 Å². The molecule has 1 N–H and O–H groups in total. The number of aliphatic carboxylic acids is 1. The van der Waals surface area contributed by atoms with E-state index in [1.807, 2.05) is 14.0 Å². The molecule has 0 amide bonds. The molecule has 100 valence electrons. The summed E-state index contributed by atoms with van der Waals surface area (Å²) in [5, 5.41) is 9.09. The third-order valence-corrected chi connectivity index (χ3v) is 3.85. The average molecular weight is 243 g/mol. The third kappa shape index (κ3) is 4.28. The lowest BCUT2D eigenvalue weighted by atomic mass is 9.78. The molecule has 1 fully saturated rings. The molecule has 0 aromatic carbocycles. The summed E-state index contributed by atoms with van der Waals surface area (Å²) in [6, 6.07) is 0. The normalized spacial score (nSPS) is 19.5. The zero-order valence-electron chi connectivity index (χ0n) is 11.1. The van der Waals surface area contributed by atoms with Crippen molar-refractivity contribution in [2.45, 2.75) is 51.0 Å². The summed E-state index contributed by atoms with van der Waals surface area (Å²) in [5.74, 6) is -0.685. The molecule has 0 aliphatic heterocycles. The van der Waals surface area contributed by atoms with E-state index in [2.05, 4.69) is 4.90 Å². The first kappa shape index (κ1) is 14.5. The van der Waals surface area contributed by atoms with Gasteiger partial charge in [0, 0.05) is 18.7 Å². The van der Waals surface area contributed by atoms with E-state index < -0.39 is 5.97 Å². The van der Waals surface area contributed by atoms with Crippen molar-refractivity contribution < 1.29 is 14.6 Å². The van der Waals surface area contributed by atoms with E-state index in [1.54, 1.807) is 0 Å². The molecule has 4 heteroatoms. The van der Waals surface area contributed by atoms with Crippen LogP contribution in [0.25, 0.3) is 0 Å². The lowest BCUT2D eigenvalue weighted by Gasteiger charge is -2.44. The molecule has 0 radical (unpaired) electrons. The smallest absolute Gasteiger partial charge is 0.305 e. The van der Waals surface area contributed by atoms with Crippen LogP contribution in [0.15, 0.2) is 0 Å². The van der Waals surface area contributed by atoms with E-state index in [1.165, 1.54) is 6.42 Å². The minimum atomic E-state index is -0.685. The van der Waals surface area contributed by atoms with E-state index in [0.717, 1.165) is 38.8 Å². The van der Waals surface area contributed by atoms with Crippen molar-refractivity contribution in [2.24, 2.45) is 0 Å². The molecule has 17 heavy (non-hydrogen) atoms. The predicted octanol–water partition coefficient (Wildman–Crippen LogP) is 2.13. The van der Waals surface area contributed by atoms with Crippen LogP contribution in [0.3, 0.4) is 0 Å². The molecule has 0 saturated heterocycles. The largest absolute Gasteiger partial charge is 0.481 e. The van der Waals surface area contributed by atoms with Crippen molar-refractivity contribution >= 4 is 5.97 Å². The summed E-state index contributed by atoms with van der Waals surface area (Å²) in [7, 11) is 2.04. The van der Waals surface area contributed by atoms with Gasteiger partial charge in [-0.2, -0.15) is 0 Å². The van der Waals surface area contributed by atoms with E-state index in [-0.39, 0.29) is 12.0 Å². The Morgan fingerprint density at radius 2 is 2.00 bits per heavy atom. The fourth-order valence-corrected chi connectivity index (χ4v) is 2.77. The van der Waals surface area contributed by atoms with Crippen molar-refractivity contribution in [3.63, 3.8) is 0 Å². The lowest BCUT2D eigenvalue weighted by Crippen LogP contribution is -2.50. The van der Waals surface area contributed by atoms with Gasteiger partial charge in [0.15, 0.2) is 0 Å². The van der Waals surface area contributed by atoms with Crippen LogP contribution in [0.1, 0.15) is 45.4 Å². The second-order valence-electron chi connectivity index (χ2n) is 4.97. The number of carboxylic acids is 1. The lowest BCUT2D eigenvalue weighted by molar-refractivity contribution is -0.141. The quantitative estimate of drug-likeness (QED) is 0.696.